The Morgan fingerprint density at radius 3 is 2.41 bits per heavy atom. The fourth-order valence-corrected chi connectivity index (χ4v) is 1.76. The fourth-order valence-electron chi connectivity index (χ4n) is 1.76. The average Bonchev–Trinajstić information content (AvgIpc) is 2.36. The summed E-state index contributed by atoms with van der Waals surface area (Å²) >= 11 is 0. The average molecular weight is 228 g/mol. The van der Waals surface area contributed by atoms with E-state index in [1.807, 2.05) is 0 Å². The van der Waals surface area contributed by atoms with Gasteiger partial charge in [0.2, 0.25) is 0 Å². The summed E-state index contributed by atoms with van der Waals surface area (Å²) in [5.41, 5.74) is 8.15. The van der Waals surface area contributed by atoms with E-state index in [0.717, 1.165) is 12.0 Å². The van der Waals surface area contributed by atoms with E-state index in [2.05, 4.69) is 31.2 Å². The Kier molecular flexibility index (Phi) is 3.28. The van der Waals surface area contributed by atoms with Gasteiger partial charge in [0.15, 0.2) is 0 Å². The Hall–Kier alpha value is -2.03. The van der Waals surface area contributed by atoms with Gasteiger partial charge in [0.1, 0.15) is 0 Å². The molecule has 2 N–H and O–H groups in total. The van der Waals surface area contributed by atoms with E-state index in [1.54, 1.807) is 22.9 Å². The molecule has 0 aliphatic heterocycles. The van der Waals surface area contributed by atoms with Gasteiger partial charge in [-0.3, -0.25) is 4.79 Å². The van der Waals surface area contributed by atoms with Gasteiger partial charge in [-0.15, -0.1) is 0 Å². The molecule has 88 valence electrons. The number of aromatic nitrogens is 1. The van der Waals surface area contributed by atoms with Crippen molar-refractivity contribution in [3.8, 4) is 0 Å². The van der Waals surface area contributed by atoms with Gasteiger partial charge in [0.25, 0.3) is 5.56 Å². The van der Waals surface area contributed by atoms with Crippen LogP contribution in [0.4, 0.5) is 5.69 Å². The highest BCUT2D eigenvalue weighted by Crippen LogP contribution is 2.06. The van der Waals surface area contributed by atoms with Gasteiger partial charge in [-0.05, 0) is 29.7 Å². The van der Waals surface area contributed by atoms with E-state index < -0.39 is 0 Å². The van der Waals surface area contributed by atoms with Crippen molar-refractivity contribution < 1.29 is 0 Å². The lowest BCUT2D eigenvalue weighted by molar-refractivity contribution is 0.762. The Morgan fingerprint density at radius 2 is 1.76 bits per heavy atom. The topological polar surface area (TPSA) is 48.0 Å². The van der Waals surface area contributed by atoms with Gasteiger partial charge in [-0.1, -0.05) is 31.2 Å². The summed E-state index contributed by atoms with van der Waals surface area (Å²) < 4.78 is 1.62. The smallest absolute Gasteiger partial charge is 0.273 e. The van der Waals surface area contributed by atoms with Crippen molar-refractivity contribution in [1.82, 2.24) is 4.57 Å². The van der Waals surface area contributed by atoms with E-state index in [4.69, 9.17) is 5.73 Å². The summed E-state index contributed by atoms with van der Waals surface area (Å²) in [4.78, 5) is 11.7. The number of anilines is 1. The van der Waals surface area contributed by atoms with Crippen molar-refractivity contribution in [2.45, 2.75) is 19.9 Å². The van der Waals surface area contributed by atoms with E-state index >= 15 is 0 Å². The Labute approximate surface area is 101 Å². The van der Waals surface area contributed by atoms with E-state index in [1.165, 1.54) is 5.56 Å². The predicted molar refractivity (Wildman–Crippen MR) is 70.0 cm³/mol. The number of aryl methyl sites for hydroxylation is 1. The third-order valence-electron chi connectivity index (χ3n) is 2.83. The molecule has 1 heterocycles. The Balaban J connectivity index is 2.25. The van der Waals surface area contributed by atoms with Crippen LogP contribution in [0.3, 0.4) is 0 Å². The third kappa shape index (κ3) is 2.56. The second-order valence-corrected chi connectivity index (χ2v) is 4.07. The highest BCUT2D eigenvalue weighted by Gasteiger charge is 2.00. The molecule has 3 nitrogen and oxygen atoms in total. The Bertz CT molecular complexity index is 555. The summed E-state index contributed by atoms with van der Waals surface area (Å²) in [6.45, 7) is 2.69. The van der Waals surface area contributed by atoms with Crippen LogP contribution in [-0.4, -0.2) is 4.57 Å². The van der Waals surface area contributed by atoms with Crippen LogP contribution in [0.25, 0.3) is 0 Å². The van der Waals surface area contributed by atoms with Crippen LogP contribution >= 0.6 is 0 Å². The van der Waals surface area contributed by atoms with Crippen LogP contribution < -0.4 is 11.3 Å². The van der Waals surface area contributed by atoms with Gasteiger partial charge >= 0.3 is 0 Å². The van der Waals surface area contributed by atoms with Crippen LogP contribution in [0.15, 0.2) is 47.4 Å². The first-order valence-electron chi connectivity index (χ1n) is 5.73. The molecule has 3 heteroatoms. The van der Waals surface area contributed by atoms with Crippen molar-refractivity contribution in [1.29, 1.82) is 0 Å². The van der Waals surface area contributed by atoms with Crippen LogP contribution in [0, 0.1) is 0 Å². The first kappa shape index (κ1) is 11.5. The minimum absolute atomic E-state index is 0.132. The molecule has 0 amide bonds. The standard InChI is InChI=1S/C14H16N2O/c1-2-11-5-7-12(8-6-11)10-16-9-3-4-13(15)14(16)17/h3-9H,2,10,15H2,1H3. The van der Waals surface area contributed by atoms with Crippen molar-refractivity contribution >= 4 is 5.69 Å². The number of rotatable bonds is 3. The normalized spacial score (nSPS) is 10.4. The molecule has 1 aromatic heterocycles. The van der Waals surface area contributed by atoms with E-state index in [0.29, 0.717) is 6.54 Å². The van der Waals surface area contributed by atoms with E-state index in [-0.39, 0.29) is 11.2 Å². The monoisotopic (exact) mass is 228 g/mol. The second kappa shape index (κ2) is 4.87. The number of nitrogens with zero attached hydrogens (tertiary/aromatic N) is 1. The molecule has 0 saturated carbocycles. The first-order valence-corrected chi connectivity index (χ1v) is 5.73. The van der Waals surface area contributed by atoms with Gasteiger partial charge in [0.05, 0.1) is 12.2 Å². The maximum absolute atomic E-state index is 11.7. The minimum Gasteiger partial charge on any atom is -0.394 e. The van der Waals surface area contributed by atoms with Gasteiger partial charge in [-0.25, -0.2) is 0 Å². The lowest BCUT2D eigenvalue weighted by Gasteiger charge is -2.07. The zero-order valence-electron chi connectivity index (χ0n) is 9.89. The molecule has 0 aliphatic carbocycles. The summed E-state index contributed by atoms with van der Waals surface area (Å²) in [6.07, 6.45) is 2.78. The lowest BCUT2D eigenvalue weighted by Crippen LogP contribution is -2.22. The van der Waals surface area contributed by atoms with Gasteiger partial charge in [-0.2, -0.15) is 0 Å². The van der Waals surface area contributed by atoms with Crippen LogP contribution in [-0.2, 0) is 13.0 Å². The number of nitrogens with two attached hydrogens (primary N) is 1. The molecule has 2 aromatic rings. The molecule has 0 bridgehead atoms. The van der Waals surface area contributed by atoms with Crippen molar-refractivity contribution in [3.63, 3.8) is 0 Å². The minimum atomic E-state index is -0.132. The largest absolute Gasteiger partial charge is 0.394 e. The number of nitrogen functional groups attached to an aromatic ring is 1. The third-order valence-corrected chi connectivity index (χ3v) is 2.83. The van der Waals surface area contributed by atoms with Crippen molar-refractivity contribution in [2.75, 3.05) is 5.73 Å². The number of benzene rings is 1. The molecular formula is C14H16N2O. The zero-order chi connectivity index (χ0) is 12.3. The lowest BCUT2D eigenvalue weighted by atomic mass is 10.1. The molecule has 2 rings (SSSR count). The molecule has 1 aromatic carbocycles. The fraction of sp³-hybridized carbons (Fsp3) is 0.214. The number of hydrogen-bond donors (Lipinski definition) is 1. The van der Waals surface area contributed by atoms with Gasteiger partial charge in [0, 0.05) is 6.20 Å². The molecule has 0 atom stereocenters. The van der Waals surface area contributed by atoms with Crippen LogP contribution in [0.5, 0.6) is 0 Å². The van der Waals surface area contributed by atoms with Crippen molar-refractivity contribution in [3.05, 3.63) is 64.1 Å². The summed E-state index contributed by atoms with van der Waals surface area (Å²) in [6, 6.07) is 11.7. The SMILES string of the molecule is CCc1ccc(Cn2cccc(N)c2=O)cc1. The molecule has 0 aliphatic rings. The maximum atomic E-state index is 11.7. The summed E-state index contributed by atoms with van der Waals surface area (Å²) in [5, 5.41) is 0. The first-order chi connectivity index (χ1) is 8.20. The predicted octanol–water partition coefficient (Wildman–Crippen LogP) is 2.04. The highest BCUT2D eigenvalue weighted by molar-refractivity contribution is 5.34. The second-order valence-electron chi connectivity index (χ2n) is 4.07. The van der Waals surface area contributed by atoms with Gasteiger partial charge < -0.3 is 10.3 Å². The zero-order valence-corrected chi connectivity index (χ0v) is 9.89. The number of pyridine rings is 1. The summed E-state index contributed by atoms with van der Waals surface area (Å²) in [5.74, 6) is 0. The highest BCUT2D eigenvalue weighted by atomic mass is 16.1. The van der Waals surface area contributed by atoms with Crippen molar-refractivity contribution in [2.24, 2.45) is 0 Å². The molecule has 0 radical (unpaired) electrons. The summed E-state index contributed by atoms with van der Waals surface area (Å²) in [7, 11) is 0. The maximum Gasteiger partial charge on any atom is 0.273 e. The number of hydrogen-bond acceptors (Lipinski definition) is 2. The van der Waals surface area contributed by atoms with Crippen LogP contribution in [0.1, 0.15) is 18.1 Å². The molecule has 0 saturated heterocycles. The molecule has 0 fully saturated rings. The molecule has 0 unspecified atom stereocenters. The quantitative estimate of drug-likeness (QED) is 0.874. The van der Waals surface area contributed by atoms with Crippen LogP contribution in [0.2, 0.25) is 0 Å². The molecular weight excluding hydrogens is 212 g/mol. The Morgan fingerprint density at radius 1 is 1.12 bits per heavy atom. The molecule has 17 heavy (non-hydrogen) atoms. The van der Waals surface area contributed by atoms with E-state index in [9.17, 15) is 4.79 Å². The molecule has 0 spiro atoms.